The van der Waals surface area contributed by atoms with Gasteiger partial charge in [0.15, 0.2) is 0 Å². The van der Waals surface area contributed by atoms with Gasteiger partial charge in [0.2, 0.25) is 0 Å². The molecule has 3 heteroatoms. The molecule has 1 saturated carbocycles. The molecule has 2 aromatic rings. The van der Waals surface area contributed by atoms with Gasteiger partial charge in [-0.25, -0.2) is 0 Å². The molecule has 3 rings (SSSR count). The second-order valence-electron chi connectivity index (χ2n) is 5.29. The smallest absolute Gasteiger partial charge is 0.0747 e. The molecular formula is C17H18BrNO. The number of halogens is 1. The van der Waals surface area contributed by atoms with E-state index in [1.165, 1.54) is 24.0 Å². The Labute approximate surface area is 128 Å². The summed E-state index contributed by atoms with van der Waals surface area (Å²) in [4.78, 5) is 0. The maximum Gasteiger partial charge on any atom is 0.0747 e. The molecule has 0 radical (unpaired) electrons. The molecule has 1 aliphatic carbocycles. The molecule has 20 heavy (non-hydrogen) atoms. The molecular weight excluding hydrogens is 314 g/mol. The Kier molecular flexibility index (Phi) is 4.08. The van der Waals surface area contributed by atoms with Gasteiger partial charge in [-0.15, -0.1) is 0 Å². The number of aliphatic hydroxyl groups is 1. The van der Waals surface area contributed by atoms with E-state index < -0.39 is 0 Å². The Morgan fingerprint density at radius 3 is 2.65 bits per heavy atom. The average molecular weight is 332 g/mol. The number of nitrogens with one attached hydrogen (secondary N) is 1. The van der Waals surface area contributed by atoms with Gasteiger partial charge in [0.05, 0.1) is 12.6 Å². The molecule has 1 atom stereocenters. The Morgan fingerprint density at radius 2 is 1.95 bits per heavy atom. The summed E-state index contributed by atoms with van der Waals surface area (Å²) in [6.45, 7) is 0.0935. The van der Waals surface area contributed by atoms with Crippen LogP contribution in [0.5, 0.6) is 0 Å². The summed E-state index contributed by atoms with van der Waals surface area (Å²) in [7, 11) is 0. The molecule has 1 aliphatic rings. The van der Waals surface area contributed by atoms with E-state index in [-0.39, 0.29) is 12.6 Å². The summed E-state index contributed by atoms with van der Waals surface area (Å²) >= 11 is 3.48. The molecule has 0 bridgehead atoms. The maximum absolute atomic E-state index is 9.76. The van der Waals surface area contributed by atoms with Gasteiger partial charge in [-0.05, 0) is 48.1 Å². The topological polar surface area (TPSA) is 32.3 Å². The number of rotatable bonds is 5. The van der Waals surface area contributed by atoms with E-state index in [9.17, 15) is 5.11 Å². The number of hydrogen-bond acceptors (Lipinski definition) is 2. The fourth-order valence-electron chi connectivity index (χ4n) is 2.60. The van der Waals surface area contributed by atoms with Crippen LogP contribution < -0.4 is 5.32 Å². The van der Waals surface area contributed by atoms with E-state index in [4.69, 9.17) is 0 Å². The molecule has 104 valence electrons. The van der Waals surface area contributed by atoms with Crippen LogP contribution >= 0.6 is 15.9 Å². The van der Waals surface area contributed by atoms with Crippen LogP contribution in [0.25, 0.3) is 0 Å². The van der Waals surface area contributed by atoms with E-state index in [0.29, 0.717) is 5.92 Å². The highest BCUT2D eigenvalue weighted by atomic mass is 79.9. The van der Waals surface area contributed by atoms with Crippen LogP contribution in [0.1, 0.15) is 35.9 Å². The molecule has 2 nitrogen and oxygen atoms in total. The fraction of sp³-hybridized carbons (Fsp3) is 0.294. The number of aliphatic hydroxyl groups excluding tert-OH is 1. The maximum atomic E-state index is 9.76. The molecule has 0 amide bonds. The summed E-state index contributed by atoms with van der Waals surface area (Å²) < 4.78 is 1.04. The van der Waals surface area contributed by atoms with Crippen LogP contribution in [0.3, 0.4) is 0 Å². The second-order valence-corrected chi connectivity index (χ2v) is 6.21. The molecule has 0 spiro atoms. The van der Waals surface area contributed by atoms with Gasteiger partial charge in [-0.2, -0.15) is 0 Å². The van der Waals surface area contributed by atoms with Crippen molar-refractivity contribution in [3.8, 4) is 0 Å². The lowest BCUT2D eigenvalue weighted by molar-refractivity contribution is 0.276. The highest BCUT2D eigenvalue weighted by Gasteiger charge is 2.27. The van der Waals surface area contributed by atoms with E-state index in [2.05, 4.69) is 39.4 Å². The van der Waals surface area contributed by atoms with Crippen LogP contribution in [-0.4, -0.2) is 11.7 Å². The standard InChI is InChI=1S/C17H18BrNO/c18-13-4-3-5-14(10-13)19-17(11-20)16-7-2-1-6-15(16)12-8-9-12/h1-7,10,12,17,19-20H,8-9,11H2. The van der Waals surface area contributed by atoms with Crippen LogP contribution in [0.15, 0.2) is 53.0 Å². The Balaban J connectivity index is 1.86. The normalized spacial score (nSPS) is 15.9. The summed E-state index contributed by atoms with van der Waals surface area (Å²) in [5.41, 5.74) is 3.62. The van der Waals surface area contributed by atoms with Crippen LogP contribution in [0, 0.1) is 0 Å². The van der Waals surface area contributed by atoms with Gasteiger partial charge in [0.25, 0.3) is 0 Å². The monoisotopic (exact) mass is 331 g/mol. The number of hydrogen-bond donors (Lipinski definition) is 2. The lowest BCUT2D eigenvalue weighted by atomic mass is 9.97. The molecule has 0 aliphatic heterocycles. The highest BCUT2D eigenvalue weighted by Crippen LogP contribution is 2.43. The van der Waals surface area contributed by atoms with Crippen molar-refractivity contribution in [3.63, 3.8) is 0 Å². The van der Waals surface area contributed by atoms with Crippen molar-refractivity contribution in [2.75, 3.05) is 11.9 Å². The first-order valence-electron chi connectivity index (χ1n) is 6.99. The minimum atomic E-state index is -0.0545. The third-order valence-corrected chi connectivity index (χ3v) is 4.23. The quantitative estimate of drug-likeness (QED) is 0.847. The molecule has 1 fully saturated rings. The predicted molar refractivity (Wildman–Crippen MR) is 86.0 cm³/mol. The Hall–Kier alpha value is -1.32. The van der Waals surface area contributed by atoms with Crippen LogP contribution in [0.2, 0.25) is 0 Å². The second kappa shape index (κ2) is 5.98. The zero-order chi connectivity index (χ0) is 13.9. The third kappa shape index (κ3) is 3.05. The van der Waals surface area contributed by atoms with Crippen LogP contribution in [-0.2, 0) is 0 Å². The third-order valence-electron chi connectivity index (χ3n) is 3.74. The van der Waals surface area contributed by atoms with Crippen molar-refractivity contribution in [2.45, 2.75) is 24.8 Å². The van der Waals surface area contributed by atoms with Gasteiger partial charge >= 0.3 is 0 Å². The first kappa shape index (κ1) is 13.7. The Bertz CT molecular complexity index is 595. The summed E-state index contributed by atoms with van der Waals surface area (Å²) in [6, 6.07) is 16.4. The molecule has 0 heterocycles. The SMILES string of the molecule is OCC(Nc1cccc(Br)c1)c1ccccc1C1CC1. The zero-order valence-corrected chi connectivity index (χ0v) is 12.8. The van der Waals surface area contributed by atoms with Crippen molar-refractivity contribution >= 4 is 21.6 Å². The largest absolute Gasteiger partial charge is 0.394 e. The summed E-state index contributed by atoms with van der Waals surface area (Å²) in [6.07, 6.45) is 2.54. The molecule has 2 N–H and O–H groups in total. The summed E-state index contributed by atoms with van der Waals surface area (Å²) in [5.74, 6) is 0.685. The fourth-order valence-corrected chi connectivity index (χ4v) is 2.99. The van der Waals surface area contributed by atoms with E-state index in [0.717, 1.165) is 10.2 Å². The van der Waals surface area contributed by atoms with Crippen molar-refractivity contribution < 1.29 is 5.11 Å². The lowest BCUT2D eigenvalue weighted by Crippen LogP contribution is -2.16. The van der Waals surface area contributed by atoms with Gasteiger partial charge in [-0.1, -0.05) is 46.3 Å². The van der Waals surface area contributed by atoms with Gasteiger partial charge in [0.1, 0.15) is 0 Å². The van der Waals surface area contributed by atoms with E-state index in [1.807, 2.05) is 30.3 Å². The van der Waals surface area contributed by atoms with E-state index in [1.54, 1.807) is 0 Å². The zero-order valence-electron chi connectivity index (χ0n) is 11.2. The number of benzene rings is 2. The molecule has 0 aromatic heterocycles. The van der Waals surface area contributed by atoms with Crippen molar-refractivity contribution in [1.29, 1.82) is 0 Å². The van der Waals surface area contributed by atoms with Gasteiger partial charge in [-0.3, -0.25) is 0 Å². The first-order chi connectivity index (χ1) is 9.78. The lowest BCUT2D eigenvalue weighted by Gasteiger charge is -2.21. The Morgan fingerprint density at radius 1 is 1.15 bits per heavy atom. The van der Waals surface area contributed by atoms with Gasteiger partial charge < -0.3 is 10.4 Å². The minimum Gasteiger partial charge on any atom is -0.394 e. The average Bonchev–Trinajstić information content (AvgIpc) is 3.29. The van der Waals surface area contributed by atoms with Crippen LogP contribution in [0.4, 0.5) is 5.69 Å². The van der Waals surface area contributed by atoms with Gasteiger partial charge in [0, 0.05) is 10.2 Å². The predicted octanol–water partition coefficient (Wildman–Crippen LogP) is 4.47. The number of anilines is 1. The minimum absolute atomic E-state index is 0.0545. The van der Waals surface area contributed by atoms with Crippen molar-refractivity contribution in [1.82, 2.24) is 0 Å². The van der Waals surface area contributed by atoms with E-state index >= 15 is 0 Å². The molecule has 2 aromatic carbocycles. The molecule has 0 saturated heterocycles. The molecule has 1 unspecified atom stereocenters. The van der Waals surface area contributed by atoms with Crippen molar-refractivity contribution in [3.05, 3.63) is 64.1 Å². The summed E-state index contributed by atoms with van der Waals surface area (Å²) in [5, 5.41) is 13.2. The van der Waals surface area contributed by atoms with Crippen molar-refractivity contribution in [2.24, 2.45) is 0 Å². The highest BCUT2D eigenvalue weighted by molar-refractivity contribution is 9.10. The first-order valence-corrected chi connectivity index (χ1v) is 7.79.